The van der Waals surface area contributed by atoms with Crippen LogP contribution in [0.15, 0.2) is 0 Å². The molecule has 0 aromatic rings. The standard InChI is InChI=1S/C10H21NOS2/c1-10(2)13-7-3-4-11-5-8-14(12)9-6-11/h10H,3-9H2,1-2H3. The monoisotopic (exact) mass is 235 g/mol. The van der Waals surface area contributed by atoms with Crippen molar-refractivity contribution in [1.29, 1.82) is 0 Å². The van der Waals surface area contributed by atoms with Crippen molar-refractivity contribution in [1.82, 2.24) is 4.90 Å². The minimum absolute atomic E-state index is 0.522. The number of hydrogen-bond donors (Lipinski definition) is 0. The van der Waals surface area contributed by atoms with Gasteiger partial charge < -0.3 is 4.90 Å². The first-order valence-corrected chi connectivity index (χ1v) is 7.91. The fraction of sp³-hybridized carbons (Fsp3) is 1.00. The Hall–Kier alpha value is 0.460. The van der Waals surface area contributed by atoms with Gasteiger partial charge in [-0.25, -0.2) is 0 Å². The van der Waals surface area contributed by atoms with Crippen molar-refractivity contribution < 1.29 is 4.21 Å². The van der Waals surface area contributed by atoms with Gasteiger partial charge in [0.25, 0.3) is 0 Å². The molecule has 4 heteroatoms. The van der Waals surface area contributed by atoms with Crippen LogP contribution in [-0.2, 0) is 10.8 Å². The average molecular weight is 235 g/mol. The van der Waals surface area contributed by atoms with Crippen LogP contribution in [0.3, 0.4) is 0 Å². The summed E-state index contributed by atoms with van der Waals surface area (Å²) < 4.78 is 11.1. The van der Waals surface area contributed by atoms with Crippen LogP contribution in [0, 0.1) is 0 Å². The Morgan fingerprint density at radius 3 is 2.57 bits per heavy atom. The Balaban J connectivity index is 1.99. The lowest BCUT2D eigenvalue weighted by Crippen LogP contribution is -2.38. The molecule has 0 unspecified atom stereocenters. The van der Waals surface area contributed by atoms with Crippen molar-refractivity contribution in [3.05, 3.63) is 0 Å². The maximum Gasteiger partial charge on any atom is 0.0363 e. The summed E-state index contributed by atoms with van der Waals surface area (Å²) in [7, 11) is -0.522. The minimum Gasteiger partial charge on any atom is -0.301 e. The molecule has 0 aromatic heterocycles. The third kappa shape index (κ3) is 5.37. The molecule has 14 heavy (non-hydrogen) atoms. The van der Waals surface area contributed by atoms with Crippen LogP contribution in [0.25, 0.3) is 0 Å². The summed E-state index contributed by atoms with van der Waals surface area (Å²) in [4.78, 5) is 2.45. The van der Waals surface area contributed by atoms with Gasteiger partial charge in [-0.1, -0.05) is 13.8 Å². The van der Waals surface area contributed by atoms with Crippen molar-refractivity contribution in [2.75, 3.05) is 36.9 Å². The zero-order chi connectivity index (χ0) is 10.4. The van der Waals surface area contributed by atoms with Crippen molar-refractivity contribution in [2.24, 2.45) is 0 Å². The number of hydrogen-bond acceptors (Lipinski definition) is 3. The molecule has 84 valence electrons. The van der Waals surface area contributed by atoms with E-state index in [4.69, 9.17) is 0 Å². The lowest BCUT2D eigenvalue weighted by molar-refractivity contribution is 0.301. The smallest absolute Gasteiger partial charge is 0.0363 e. The van der Waals surface area contributed by atoms with Crippen molar-refractivity contribution in [3.63, 3.8) is 0 Å². The Bertz CT molecular complexity index is 175. The van der Waals surface area contributed by atoms with E-state index in [-0.39, 0.29) is 0 Å². The number of rotatable bonds is 5. The second kappa shape index (κ2) is 6.85. The summed E-state index contributed by atoms with van der Waals surface area (Å²) >= 11 is 2.03. The number of thioether (sulfide) groups is 1. The molecule has 2 nitrogen and oxygen atoms in total. The van der Waals surface area contributed by atoms with Crippen LogP contribution in [0.1, 0.15) is 20.3 Å². The van der Waals surface area contributed by atoms with Crippen LogP contribution >= 0.6 is 11.8 Å². The van der Waals surface area contributed by atoms with E-state index in [1.54, 1.807) is 0 Å². The maximum absolute atomic E-state index is 11.1. The van der Waals surface area contributed by atoms with Crippen molar-refractivity contribution in [3.8, 4) is 0 Å². The normalized spacial score (nSPS) is 20.5. The molecular formula is C10H21NOS2. The minimum atomic E-state index is -0.522. The highest BCUT2D eigenvalue weighted by Crippen LogP contribution is 2.11. The Kier molecular flexibility index (Phi) is 6.13. The predicted octanol–water partition coefficient (Wildman–Crippen LogP) is 1.58. The first-order valence-electron chi connectivity index (χ1n) is 5.37. The van der Waals surface area contributed by atoms with Gasteiger partial charge in [-0.05, 0) is 24.0 Å². The van der Waals surface area contributed by atoms with Crippen LogP contribution in [0.4, 0.5) is 0 Å². The molecule has 0 bridgehead atoms. The lowest BCUT2D eigenvalue weighted by atomic mass is 10.4. The van der Waals surface area contributed by atoms with Gasteiger partial charge in [0.1, 0.15) is 0 Å². The Morgan fingerprint density at radius 2 is 2.00 bits per heavy atom. The molecule has 1 fully saturated rings. The highest BCUT2D eigenvalue weighted by atomic mass is 32.2. The summed E-state index contributed by atoms with van der Waals surface area (Å²) in [6, 6.07) is 0. The summed E-state index contributed by atoms with van der Waals surface area (Å²) in [6.07, 6.45) is 1.27. The summed E-state index contributed by atoms with van der Waals surface area (Å²) in [5.74, 6) is 3.03. The van der Waals surface area contributed by atoms with E-state index < -0.39 is 10.8 Å². The van der Waals surface area contributed by atoms with Gasteiger partial charge >= 0.3 is 0 Å². The summed E-state index contributed by atoms with van der Waals surface area (Å²) in [5.41, 5.74) is 0. The molecule has 1 saturated heterocycles. The largest absolute Gasteiger partial charge is 0.301 e. The molecule has 0 aromatic carbocycles. The van der Waals surface area contributed by atoms with Crippen molar-refractivity contribution >= 4 is 22.6 Å². The topological polar surface area (TPSA) is 20.3 Å². The fourth-order valence-electron chi connectivity index (χ4n) is 1.51. The molecule has 0 aliphatic carbocycles. The number of nitrogens with zero attached hydrogens (tertiary/aromatic N) is 1. The quantitative estimate of drug-likeness (QED) is 0.675. The van der Waals surface area contributed by atoms with E-state index in [0.717, 1.165) is 29.8 Å². The Labute approximate surface area is 94.3 Å². The van der Waals surface area contributed by atoms with Gasteiger partial charge in [0.15, 0.2) is 0 Å². The summed E-state index contributed by atoms with van der Waals surface area (Å²) in [5, 5.41) is 0.754. The first-order chi connectivity index (χ1) is 6.68. The molecule has 1 aliphatic rings. The Morgan fingerprint density at radius 1 is 1.36 bits per heavy atom. The molecule has 1 rings (SSSR count). The summed E-state index contributed by atoms with van der Waals surface area (Å²) in [6.45, 7) is 7.76. The van der Waals surface area contributed by atoms with Crippen molar-refractivity contribution in [2.45, 2.75) is 25.5 Å². The maximum atomic E-state index is 11.1. The predicted molar refractivity (Wildman–Crippen MR) is 66.5 cm³/mol. The molecular weight excluding hydrogens is 214 g/mol. The van der Waals surface area contributed by atoms with Crippen LogP contribution in [0.2, 0.25) is 0 Å². The lowest BCUT2D eigenvalue weighted by Gasteiger charge is -2.25. The van der Waals surface area contributed by atoms with Gasteiger partial charge in [0.05, 0.1) is 0 Å². The molecule has 0 radical (unpaired) electrons. The molecule has 0 saturated carbocycles. The van der Waals surface area contributed by atoms with Gasteiger partial charge in [-0.2, -0.15) is 11.8 Å². The van der Waals surface area contributed by atoms with E-state index in [9.17, 15) is 4.21 Å². The second-order valence-corrected chi connectivity index (χ2v) is 7.34. The molecule has 1 heterocycles. The average Bonchev–Trinajstić information content (AvgIpc) is 2.15. The van der Waals surface area contributed by atoms with E-state index in [1.807, 2.05) is 11.8 Å². The third-order valence-electron chi connectivity index (χ3n) is 2.34. The molecule has 0 amide bonds. The van der Waals surface area contributed by atoms with Gasteiger partial charge in [0, 0.05) is 35.4 Å². The van der Waals surface area contributed by atoms with Crippen LogP contribution in [0.5, 0.6) is 0 Å². The van der Waals surface area contributed by atoms with E-state index in [1.165, 1.54) is 18.7 Å². The first kappa shape index (κ1) is 12.5. The zero-order valence-electron chi connectivity index (χ0n) is 9.20. The highest BCUT2D eigenvalue weighted by Gasteiger charge is 2.13. The molecule has 0 N–H and O–H groups in total. The highest BCUT2D eigenvalue weighted by molar-refractivity contribution is 7.99. The second-order valence-electron chi connectivity index (χ2n) is 3.96. The van der Waals surface area contributed by atoms with Crippen LogP contribution < -0.4 is 0 Å². The van der Waals surface area contributed by atoms with Gasteiger partial charge in [-0.3, -0.25) is 4.21 Å². The molecule has 1 aliphatic heterocycles. The van der Waals surface area contributed by atoms with Gasteiger partial charge in [-0.15, -0.1) is 0 Å². The van der Waals surface area contributed by atoms with E-state index in [2.05, 4.69) is 18.7 Å². The fourth-order valence-corrected chi connectivity index (χ4v) is 3.40. The van der Waals surface area contributed by atoms with Gasteiger partial charge in [0.2, 0.25) is 0 Å². The SMILES string of the molecule is CC(C)SCCCN1CCS(=O)CC1. The van der Waals surface area contributed by atoms with E-state index >= 15 is 0 Å². The van der Waals surface area contributed by atoms with E-state index in [0.29, 0.717) is 0 Å². The van der Waals surface area contributed by atoms with Crippen LogP contribution in [-0.4, -0.2) is 51.3 Å². The molecule has 0 atom stereocenters. The zero-order valence-corrected chi connectivity index (χ0v) is 10.8. The third-order valence-corrected chi connectivity index (χ3v) is 4.81. The molecule has 0 spiro atoms.